The molecule has 1 amide bonds. The molecule has 1 saturated carbocycles. The first-order valence-corrected chi connectivity index (χ1v) is 11.5. The number of likely N-dealkylation sites (tertiary alicyclic amines) is 1. The number of furan rings is 1. The second-order valence-electron chi connectivity index (χ2n) is 9.23. The van der Waals surface area contributed by atoms with E-state index in [9.17, 15) is 19.1 Å². The lowest BCUT2D eigenvalue weighted by Crippen LogP contribution is -2.53. The topological polar surface area (TPSA) is 121 Å². The summed E-state index contributed by atoms with van der Waals surface area (Å²) in [6, 6.07) is 7.03. The molecule has 1 aromatic carbocycles. The zero-order valence-electron chi connectivity index (χ0n) is 18.7. The van der Waals surface area contributed by atoms with Gasteiger partial charge in [0.1, 0.15) is 5.76 Å². The van der Waals surface area contributed by atoms with Crippen molar-refractivity contribution in [3.05, 3.63) is 41.9 Å². The number of anilines is 1. The van der Waals surface area contributed by atoms with Gasteiger partial charge >= 0.3 is 5.97 Å². The summed E-state index contributed by atoms with van der Waals surface area (Å²) < 4.78 is 18.6. The number of carboxylic acid groups (broad SMARTS) is 1. The van der Waals surface area contributed by atoms with Crippen LogP contribution in [0, 0.1) is 29.2 Å². The lowest BCUT2D eigenvalue weighted by atomic mass is 9.71. The molecular weight excluding hydrogens is 425 g/mol. The lowest BCUT2D eigenvalue weighted by molar-refractivity contribution is -0.152. The number of hydrogen-bond acceptors (Lipinski definition) is 5. The molecule has 7 nitrogen and oxygen atoms in total. The Labute approximate surface area is 192 Å². The van der Waals surface area contributed by atoms with E-state index in [4.69, 9.17) is 15.6 Å². The number of nitrogens with zero attached hydrogens (tertiary/aromatic N) is 1. The van der Waals surface area contributed by atoms with Crippen LogP contribution in [0.3, 0.4) is 0 Å². The molecule has 2 heterocycles. The van der Waals surface area contributed by atoms with Crippen molar-refractivity contribution in [2.45, 2.75) is 51.5 Å². The fraction of sp³-hybridized carbons (Fsp3) is 0.480. The summed E-state index contributed by atoms with van der Waals surface area (Å²) in [5.74, 6) is -1.38. The van der Waals surface area contributed by atoms with E-state index in [1.54, 1.807) is 18.2 Å². The van der Waals surface area contributed by atoms with Crippen molar-refractivity contribution in [2.75, 3.05) is 12.3 Å². The predicted octanol–water partition coefficient (Wildman–Crippen LogP) is 4.55. The highest BCUT2D eigenvalue weighted by atomic mass is 19.1. The van der Waals surface area contributed by atoms with Gasteiger partial charge in [0.05, 0.1) is 5.92 Å². The number of hydrogen-bond donors (Lipinski definition) is 3. The number of carbonyl (C=O) groups excluding carboxylic acids is 1. The maximum atomic E-state index is 13.5. The summed E-state index contributed by atoms with van der Waals surface area (Å²) in [7, 11) is 0. The molecular formula is C25H30FN3O4. The standard InChI is InChI=1S/C25H30FN3O4/c1-14(24(28)23-17(6-2-8-18(23)27)20-10-11-21(26)33-20)13-22(30)29-12-4-7-15-16(25(31)32)5-3-9-19(15)29/h2,6,8,10-11,14-16,19,28H,3-5,7,9,12-13,27H2,1H3,(H,31,32). The number of amides is 1. The van der Waals surface area contributed by atoms with Gasteiger partial charge in [0.2, 0.25) is 5.91 Å². The first kappa shape index (κ1) is 23.0. The molecule has 2 aliphatic rings. The molecule has 1 aliphatic heterocycles. The quantitative estimate of drug-likeness (QED) is 0.436. The monoisotopic (exact) mass is 455 g/mol. The van der Waals surface area contributed by atoms with Crippen molar-refractivity contribution in [2.24, 2.45) is 17.8 Å². The number of carbonyl (C=O) groups is 2. The molecule has 8 heteroatoms. The molecule has 0 radical (unpaired) electrons. The van der Waals surface area contributed by atoms with E-state index in [1.165, 1.54) is 12.1 Å². The van der Waals surface area contributed by atoms with Crippen LogP contribution in [0.1, 0.15) is 51.0 Å². The zero-order chi connectivity index (χ0) is 23.7. The van der Waals surface area contributed by atoms with Gasteiger partial charge in [-0.05, 0) is 43.7 Å². The van der Waals surface area contributed by atoms with Gasteiger partial charge in [-0.3, -0.25) is 9.59 Å². The highest BCUT2D eigenvalue weighted by molar-refractivity contribution is 6.09. The van der Waals surface area contributed by atoms with Crippen molar-refractivity contribution in [3.8, 4) is 11.3 Å². The van der Waals surface area contributed by atoms with Crippen molar-refractivity contribution >= 4 is 23.3 Å². The Kier molecular flexibility index (Phi) is 6.54. The Hall–Kier alpha value is -3.16. The lowest BCUT2D eigenvalue weighted by Gasteiger charge is -2.46. The number of nitrogen functional groups attached to an aromatic ring is 1. The van der Waals surface area contributed by atoms with Crippen LogP contribution in [0.25, 0.3) is 11.3 Å². The zero-order valence-corrected chi connectivity index (χ0v) is 18.7. The SMILES string of the molecule is CC(CC(=O)N1CCCC2C(C(=O)O)CCCC21)C(=N)c1c(N)cccc1-c1ccc(F)o1. The van der Waals surface area contributed by atoms with Crippen LogP contribution in [0.4, 0.5) is 10.1 Å². The van der Waals surface area contributed by atoms with Crippen LogP contribution in [-0.2, 0) is 9.59 Å². The molecule has 2 fully saturated rings. The van der Waals surface area contributed by atoms with E-state index >= 15 is 0 Å². The molecule has 4 rings (SSSR count). The van der Waals surface area contributed by atoms with Crippen LogP contribution in [0.2, 0.25) is 0 Å². The van der Waals surface area contributed by atoms with Crippen LogP contribution < -0.4 is 5.73 Å². The molecule has 1 aliphatic carbocycles. The van der Waals surface area contributed by atoms with Gasteiger partial charge in [0, 0.05) is 53.5 Å². The third kappa shape index (κ3) is 4.51. The van der Waals surface area contributed by atoms with E-state index in [-0.39, 0.29) is 35.8 Å². The Balaban J connectivity index is 1.52. The second kappa shape index (κ2) is 9.37. The van der Waals surface area contributed by atoms with Crippen LogP contribution in [-0.4, -0.2) is 40.2 Å². The van der Waals surface area contributed by atoms with Crippen molar-refractivity contribution in [1.29, 1.82) is 5.41 Å². The predicted molar refractivity (Wildman–Crippen MR) is 122 cm³/mol. The summed E-state index contributed by atoms with van der Waals surface area (Å²) >= 11 is 0. The normalized spacial score (nSPS) is 23.6. The molecule has 33 heavy (non-hydrogen) atoms. The number of carboxylic acids is 1. The van der Waals surface area contributed by atoms with Gasteiger partial charge in [0.15, 0.2) is 0 Å². The highest BCUT2D eigenvalue weighted by Gasteiger charge is 2.43. The summed E-state index contributed by atoms with van der Waals surface area (Å²) in [4.78, 5) is 26.9. The number of fused-ring (bicyclic) bond motifs is 1. The molecule has 0 spiro atoms. The number of benzene rings is 1. The number of halogens is 1. The molecule has 4 N–H and O–H groups in total. The average Bonchev–Trinajstić information content (AvgIpc) is 3.23. The highest BCUT2D eigenvalue weighted by Crippen LogP contribution is 2.40. The van der Waals surface area contributed by atoms with Gasteiger partial charge in [-0.15, -0.1) is 0 Å². The summed E-state index contributed by atoms with van der Waals surface area (Å²) in [6.45, 7) is 2.43. The maximum Gasteiger partial charge on any atom is 0.306 e. The fourth-order valence-corrected chi connectivity index (χ4v) is 5.57. The van der Waals surface area contributed by atoms with E-state index in [1.807, 2.05) is 11.8 Å². The molecule has 1 saturated heterocycles. The number of rotatable bonds is 6. The number of nitrogens with one attached hydrogen (secondary N) is 1. The Bertz CT molecular complexity index is 1070. The van der Waals surface area contributed by atoms with Crippen LogP contribution in [0.15, 0.2) is 34.7 Å². The largest absolute Gasteiger partial charge is 0.481 e. The minimum absolute atomic E-state index is 0.00562. The van der Waals surface area contributed by atoms with E-state index in [0.29, 0.717) is 29.8 Å². The molecule has 176 valence electrons. The van der Waals surface area contributed by atoms with Gasteiger partial charge in [0.25, 0.3) is 6.01 Å². The first-order chi connectivity index (χ1) is 15.8. The van der Waals surface area contributed by atoms with E-state index < -0.39 is 23.8 Å². The third-order valence-electron chi connectivity index (χ3n) is 7.18. The number of piperidine rings is 1. The summed E-state index contributed by atoms with van der Waals surface area (Å²) in [5.41, 5.74) is 7.68. The Morgan fingerprint density at radius 2 is 2.03 bits per heavy atom. The molecule has 2 aromatic rings. The van der Waals surface area contributed by atoms with Crippen molar-refractivity contribution in [3.63, 3.8) is 0 Å². The molecule has 4 atom stereocenters. The molecule has 1 aromatic heterocycles. The van der Waals surface area contributed by atoms with Gasteiger partial charge in [-0.25, -0.2) is 0 Å². The van der Waals surface area contributed by atoms with Gasteiger partial charge in [-0.2, -0.15) is 4.39 Å². The van der Waals surface area contributed by atoms with Gasteiger partial charge in [-0.1, -0.05) is 25.5 Å². The average molecular weight is 456 g/mol. The minimum atomic E-state index is -0.768. The Morgan fingerprint density at radius 3 is 2.73 bits per heavy atom. The number of nitrogens with two attached hydrogens (primary N) is 1. The van der Waals surface area contributed by atoms with Crippen molar-refractivity contribution < 1.29 is 23.5 Å². The molecule has 0 bridgehead atoms. The Morgan fingerprint density at radius 1 is 1.24 bits per heavy atom. The summed E-state index contributed by atoms with van der Waals surface area (Å²) in [5, 5.41) is 18.4. The van der Waals surface area contributed by atoms with Crippen LogP contribution in [0.5, 0.6) is 0 Å². The number of aliphatic carboxylic acids is 1. The smallest absolute Gasteiger partial charge is 0.306 e. The van der Waals surface area contributed by atoms with Gasteiger partial charge < -0.3 is 25.6 Å². The van der Waals surface area contributed by atoms with E-state index in [2.05, 4.69) is 0 Å². The van der Waals surface area contributed by atoms with Crippen molar-refractivity contribution in [1.82, 2.24) is 4.90 Å². The second-order valence-corrected chi connectivity index (χ2v) is 9.23. The third-order valence-corrected chi connectivity index (χ3v) is 7.18. The fourth-order valence-electron chi connectivity index (χ4n) is 5.57. The van der Waals surface area contributed by atoms with Crippen LogP contribution >= 0.6 is 0 Å². The molecule has 4 unspecified atom stereocenters. The first-order valence-electron chi connectivity index (χ1n) is 11.5. The minimum Gasteiger partial charge on any atom is -0.481 e. The van der Waals surface area contributed by atoms with E-state index in [0.717, 1.165) is 25.7 Å². The maximum absolute atomic E-state index is 13.5. The summed E-state index contributed by atoms with van der Waals surface area (Å²) in [6.07, 6.45) is 4.05.